The molecule has 0 aliphatic rings. The van der Waals surface area contributed by atoms with Gasteiger partial charge >= 0.3 is 0 Å². The first-order valence-electron chi connectivity index (χ1n) is 7.35. The Morgan fingerprint density at radius 1 is 1.29 bits per heavy atom. The van der Waals surface area contributed by atoms with Gasteiger partial charge in [0.25, 0.3) is 0 Å². The van der Waals surface area contributed by atoms with Crippen LogP contribution in [0.25, 0.3) is 22.2 Å². The van der Waals surface area contributed by atoms with Crippen molar-refractivity contribution < 1.29 is 0 Å². The first kappa shape index (κ1) is 13.6. The Balaban J connectivity index is 2.05. The fourth-order valence-electron chi connectivity index (χ4n) is 2.52. The summed E-state index contributed by atoms with van der Waals surface area (Å²) in [6, 6.07) is 10.4. The van der Waals surface area contributed by atoms with Gasteiger partial charge < -0.3 is 4.98 Å². The fraction of sp³-hybridized carbons (Fsp3) is 0.222. The van der Waals surface area contributed by atoms with Crippen LogP contribution in [0.1, 0.15) is 24.9 Å². The number of aromatic nitrogens is 3. The molecule has 0 unspecified atom stereocenters. The molecule has 0 saturated heterocycles. The van der Waals surface area contributed by atoms with Gasteiger partial charge in [0.2, 0.25) is 0 Å². The maximum absolute atomic E-state index is 4.78. The lowest BCUT2D eigenvalue weighted by Crippen LogP contribution is -1.94. The van der Waals surface area contributed by atoms with Gasteiger partial charge in [-0.25, -0.2) is 4.98 Å². The number of pyridine rings is 1. The van der Waals surface area contributed by atoms with E-state index in [1.54, 1.807) is 0 Å². The summed E-state index contributed by atoms with van der Waals surface area (Å²) < 4.78 is 0. The lowest BCUT2D eigenvalue weighted by Gasteiger charge is -2.07. The Labute approximate surface area is 124 Å². The minimum Gasteiger partial charge on any atom is -0.342 e. The molecule has 1 N–H and O–H groups in total. The van der Waals surface area contributed by atoms with Crippen molar-refractivity contribution in [1.82, 2.24) is 15.0 Å². The average molecular weight is 277 g/mol. The lowest BCUT2D eigenvalue weighted by atomic mass is 10.1. The van der Waals surface area contributed by atoms with E-state index in [0.717, 1.165) is 52.9 Å². The molecule has 3 rings (SSSR count). The molecule has 0 fully saturated rings. The van der Waals surface area contributed by atoms with Gasteiger partial charge in [0.15, 0.2) is 0 Å². The summed E-state index contributed by atoms with van der Waals surface area (Å²) in [6.07, 6.45) is 6.55. The SMILES string of the molecule is C=CCCc1ncc(-c2cc3ccccc3nc2CC)[nH]1. The molecule has 0 aliphatic carbocycles. The lowest BCUT2D eigenvalue weighted by molar-refractivity contribution is 0.911. The normalized spacial score (nSPS) is 10.9. The Kier molecular flexibility index (Phi) is 3.82. The van der Waals surface area contributed by atoms with Crippen LogP contribution in [-0.4, -0.2) is 15.0 Å². The first-order valence-corrected chi connectivity index (χ1v) is 7.35. The number of rotatable bonds is 5. The van der Waals surface area contributed by atoms with E-state index in [1.807, 2.05) is 24.4 Å². The number of aromatic amines is 1. The third kappa shape index (κ3) is 2.72. The van der Waals surface area contributed by atoms with E-state index >= 15 is 0 Å². The molecule has 21 heavy (non-hydrogen) atoms. The molecule has 106 valence electrons. The number of allylic oxidation sites excluding steroid dienone is 1. The summed E-state index contributed by atoms with van der Waals surface area (Å²) >= 11 is 0. The summed E-state index contributed by atoms with van der Waals surface area (Å²) in [5.74, 6) is 1.00. The van der Waals surface area contributed by atoms with E-state index < -0.39 is 0 Å². The largest absolute Gasteiger partial charge is 0.342 e. The van der Waals surface area contributed by atoms with Crippen LogP contribution >= 0.6 is 0 Å². The highest BCUT2D eigenvalue weighted by Crippen LogP contribution is 2.26. The highest BCUT2D eigenvalue weighted by atomic mass is 14.9. The molecule has 2 aromatic heterocycles. The Morgan fingerprint density at radius 2 is 2.14 bits per heavy atom. The zero-order chi connectivity index (χ0) is 14.7. The van der Waals surface area contributed by atoms with Crippen LogP contribution in [0.4, 0.5) is 0 Å². The number of nitrogens with zero attached hydrogens (tertiary/aromatic N) is 2. The number of aryl methyl sites for hydroxylation is 2. The van der Waals surface area contributed by atoms with E-state index in [2.05, 4.69) is 41.7 Å². The van der Waals surface area contributed by atoms with Gasteiger partial charge in [-0.1, -0.05) is 31.2 Å². The predicted molar refractivity (Wildman–Crippen MR) is 87.2 cm³/mol. The van der Waals surface area contributed by atoms with Gasteiger partial charge in [0.05, 0.1) is 23.1 Å². The second kappa shape index (κ2) is 5.92. The van der Waals surface area contributed by atoms with E-state index in [-0.39, 0.29) is 0 Å². The average Bonchev–Trinajstić information content (AvgIpc) is 3.00. The number of H-pyrrole nitrogens is 1. The third-order valence-electron chi connectivity index (χ3n) is 3.64. The molecular weight excluding hydrogens is 258 g/mol. The molecule has 0 amide bonds. The third-order valence-corrected chi connectivity index (χ3v) is 3.64. The topological polar surface area (TPSA) is 41.6 Å². The monoisotopic (exact) mass is 277 g/mol. The van der Waals surface area contributed by atoms with Crippen molar-refractivity contribution in [1.29, 1.82) is 0 Å². The van der Waals surface area contributed by atoms with E-state index in [1.165, 1.54) is 0 Å². The van der Waals surface area contributed by atoms with E-state index in [0.29, 0.717) is 0 Å². The maximum atomic E-state index is 4.78. The molecule has 3 heteroatoms. The molecule has 0 radical (unpaired) electrons. The number of fused-ring (bicyclic) bond motifs is 1. The molecule has 0 atom stereocenters. The van der Waals surface area contributed by atoms with Gasteiger partial charge in [-0.15, -0.1) is 6.58 Å². The highest BCUT2D eigenvalue weighted by molar-refractivity contribution is 5.84. The minimum absolute atomic E-state index is 0.895. The Bertz CT molecular complexity index is 771. The van der Waals surface area contributed by atoms with Crippen molar-refractivity contribution in [3.05, 3.63) is 60.7 Å². The zero-order valence-corrected chi connectivity index (χ0v) is 12.3. The molecule has 0 saturated carbocycles. The van der Waals surface area contributed by atoms with Crippen molar-refractivity contribution in [3.8, 4) is 11.3 Å². The number of hydrogen-bond acceptors (Lipinski definition) is 2. The maximum Gasteiger partial charge on any atom is 0.106 e. The number of nitrogens with one attached hydrogen (secondary N) is 1. The van der Waals surface area contributed by atoms with Gasteiger partial charge in [0, 0.05) is 17.4 Å². The quantitative estimate of drug-likeness (QED) is 0.706. The summed E-state index contributed by atoms with van der Waals surface area (Å²) in [6.45, 7) is 5.89. The Hall–Kier alpha value is -2.42. The predicted octanol–water partition coefficient (Wildman–Crippen LogP) is 4.31. The van der Waals surface area contributed by atoms with Crippen molar-refractivity contribution in [2.75, 3.05) is 0 Å². The highest BCUT2D eigenvalue weighted by Gasteiger charge is 2.10. The van der Waals surface area contributed by atoms with Crippen LogP contribution in [0.15, 0.2) is 49.2 Å². The van der Waals surface area contributed by atoms with Gasteiger partial charge in [-0.05, 0) is 25.0 Å². The van der Waals surface area contributed by atoms with Crippen molar-refractivity contribution in [3.63, 3.8) is 0 Å². The second-order valence-electron chi connectivity index (χ2n) is 5.10. The van der Waals surface area contributed by atoms with Crippen molar-refractivity contribution in [2.45, 2.75) is 26.2 Å². The van der Waals surface area contributed by atoms with Crippen LogP contribution in [0.5, 0.6) is 0 Å². The number of hydrogen-bond donors (Lipinski definition) is 1. The summed E-state index contributed by atoms with van der Waals surface area (Å²) in [5, 5.41) is 1.16. The van der Waals surface area contributed by atoms with E-state index in [9.17, 15) is 0 Å². The summed E-state index contributed by atoms with van der Waals surface area (Å²) in [4.78, 5) is 12.6. The second-order valence-corrected chi connectivity index (χ2v) is 5.10. The van der Waals surface area contributed by atoms with Crippen molar-refractivity contribution in [2.24, 2.45) is 0 Å². The molecule has 1 aromatic carbocycles. The fourth-order valence-corrected chi connectivity index (χ4v) is 2.52. The van der Waals surface area contributed by atoms with Crippen LogP contribution in [-0.2, 0) is 12.8 Å². The summed E-state index contributed by atoms with van der Waals surface area (Å²) in [7, 11) is 0. The molecule has 0 bridgehead atoms. The summed E-state index contributed by atoms with van der Waals surface area (Å²) in [5.41, 5.74) is 4.34. The van der Waals surface area contributed by atoms with Crippen molar-refractivity contribution >= 4 is 10.9 Å². The molecule has 3 aromatic rings. The standard InChI is InChI=1S/C18H19N3/c1-3-5-10-18-19-12-17(21-18)14-11-13-8-6-7-9-16(13)20-15(14)4-2/h3,6-9,11-12H,1,4-5,10H2,2H3,(H,19,21). The van der Waals surface area contributed by atoms with Gasteiger partial charge in [-0.2, -0.15) is 0 Å². The molecule has 0 aliphatic heterocycles. The number of imidazole rings is 1. The van der Waals surface area contributed by atoms with Crippen LogP contribution < -0.4 is 0 Å². The smallest absolute Gasteiger partial charge is 0.106 e. The van der Waals surface area contributed by atoms with Gasteiger partial charge in [0.1, 0.15) is 5.82 Å². The first-order chi connectivity index (χ1) is 10.3. The van der Waals surface area contributed by atoms with E-state index in [4.69, 9.17) is 4.98 Å². The van der Waals surface area contributed by atoms with Crippen LogP contribution in [0.3, 0.4) is 0 Å². The molecule has 3 nitrogen and oxygen atoms in total. The minimum atomic E-state index is 0.895. The zero-order valence-electron chi connectivity index (χ0n) is 12.3. The number of benzene rings is 1. The van der Waals surface area contributed by atoms with Crippen LogP contribution in [0, 0.1) is 0 Å². The van der Waals surface area contributed by atoms with Crippen LogP contribution in [0.2, 0.25) is 0 Å². The van der Waals surface area contributed by atoms with Gasteiger partial charge in [-0.3, -0.25) is 4.98 Å². The molecular formula is C18H19N3. The number of para-hydroxylation sites is 1. The molecule has 0 spiro atoms. The molecule has 2 heterocycles. The Morgan fingerprint density at radius 3 is 2.95 bits per heavy atom.